The first kappa shape index (κ1) is 17.3. The molecule has 124 valence electrons. The van der Waals surface area contributed by atoms with Crippen molar-refractivity contribution in [2.24, 2.45) is 11.8 Å². The minimum Gasteiger partial charge on any atom is -0.311 e. The highest BCUT2D eigenvalue weighted by atomic mass is 15.3. The second-order valence-electron chi connectivity index (χ2n) is 7.53. The quantitative estimate of drug-likeness (QED) is 0.779. The van der Waals surface area contributed by atoms with Crippen LogP contribution in [0, 0.1) is 11.8 Å². The van der Waals surface area contributed by atoms with E-state index < -0.39 is 0 Å². The van der Waals surface area contributed by atoms with Crippen molar-refractivity contribution in [3.63, 3.8) is 0 Å². The fourth-order valence-electron chi connectivity index (χ4n) is 4.65. The van der Waals surface area contributed by atoms with Crippen molar-refractivity contribution in [1.82, 2.24) is 10.2 Å². The summed E-state index contributed by atoms with van der Waals surface area (Å²) in [5, 5.41) is 3.84. The summed E-state index contributed by atoms with van der Waals surface area (Å²) in [7, 11) is 0. The van der Waals surface area contributed by atoms with Crippen LogP contribution in [0.1, 0.15) is 79.1 Å². The van der Waals surface area contributed by atoms with E-state index in [4.69, 9.17) is 0 Å². The monoisotopic (exact) mass is 294 g/mol. The molecule has 1 saturated carbocycles. The van der Waals surface area contributed by atoms with E-state index in [-0.39, 0.29) is 0 Å². The Kier molecular flexibility index (Phi) is 7.01. The lowest BCUT2D eigenvalue weighted by Gasteiger charge is -2.48. The molecule has 0 bridgehead atoms. The number of rotatable bonds is 6. The molecule has 2 fully saturated rings. The van der Waals surface area contributed by atoms with Gasteiger partial charge in [0.05, 0.1) is 0 Å². The van der Waals surface area contributed by atoms with E-state index in [1.807, 2.05) is 0 Å². The summed E-state index contributed by atoms with van der Waals surface area (Å²) in [5.41, 5.74) is 0. The molecule has 1 saturated heterocycles. The zero-order valence-electron chi connectivity index (χ0n) is 14.9. The topological polar surface area (TPSA) is 15.3 Å². The van der Waals surface area contributed by atoms with Crippen LogP contribution in [-0.4, -0.2) is 36.1 Å². The Hall–Kier alpha value is -0.0800. The first-order valence-corrected chi connectivity index (χ1v) is 9.70. The summed E-state index contributed by atoms with van der Waals surface area (Å²) < 4.78 is 0. The molecule has 1 aliphatic heterocycles. The van der Waals surface area contributed by atoms with Gasteiger partial charge in [-0.25, -0.2) is 0 Å². The minimum atomic E-state index is 0.704. The van der Waals surface area contributed by atoms with E-state index in [1.165, 1.54) is 64.5 Å². The highest BCUT2D eigenvalue weighted by Crippen LogP contribution is 2.33. The number of nitrogens with zero attached hydrogens (tertiary/aromatic N) is 1. The van der Waals surface area contributed by atoms with Gasteiger partial charge >= 0.3 is 0 Å². The molecule has 4 atom stereocenters. The second-order valence-corrected chi connectivity index (χ2v) is 7.53. The predicted octanol–water partition coefficient (Wildman–Crippen LogP) is 4.44. The molecule has 1 N–H and O–H groups in total. The molecule has 1 heterocycles. The summed E-state index contributed by atoms with van der Waals surface area (Å²) >= 11 is 0. The highest BCUT2D eigenvalue weighted by molar-refractivity contribution is 4.93. The van der Waals surface area contributed by atoms with Gasteiger partial charge < -0.3 is 5.32 Å². The van der Waals surface area contributed by atoms with E-state index >= 15 is 0 Å². The van der Waals surface area contributed by atoms with Gasteiger partial charge in [0, 0.05) is 31.2 Å². The van der Waals surface area contributed by atoms with Gasteiger partial charge in [-0.1, -0.05) is 53.4 Å². The number of hydrogen-bond donors (Lipinski definition) is 1. The van der Waals surface area contributed by atoms with Crippen molar-refractivity contribution in [2.75, 3.05) is 13.1 Å². The van der Waals surface area contributed by atoms with Crippen LogP contribution in [0.3, 0.4) is 0 Å². The van der Waals surface area contributed by atoms with Crippen LogP contribution in [0.15, 0.2) is 0 Å². The summed E-state index contributed by atoms with van der Waals surface area (Å²) in [5.74, 6) is 1.77. The van der Waals surface area contributed by atoms with Crippen molar-refractivity contribution in [3.8, 4) is 0 Å². The van der Waals surface area contributed by atoms with Gasteiger partial charge in [0.15, 0.2) is 0 Å². The van der Waals surface area contributed by atoms with Crippen LogP contribution in [0.4, 0.5) is 0 Å². The maximum Gasteiger partial charge on any atom is 0.0221 e. The highest BCUT2D eigenvalue weighted by Gasteiger charge is 2.36. The molecule has 2 aliphatic rings. The predicted molar refractivity (Wildman–Crippen MR) is 92.7 cm³/mol. The smallest absolute Gasteiger partial charge is 0.0221 e. The van der Waals surface area contributed by atoms with Gasteiger partial charge in [-0.3, -0.25) is 4.90 Å². The Labute approximate surface area is 133 Å². The van der Waals surface area contributed by atoms with E-state index in [9.17, 15) is 0 Å². The standard InChI is InChI=1S/C19H38N2/c1-5-15(4)18-14-21(17(6-2)13-20-18)19(7-3)16-11-9-8-10-12-16/h15-20H,5-14H2,1-4H3. The summed E-state index contributed by atoms with van der Waals surface area (Å²) in [6.07, 6.45) is 11.3. The molecule has 0 aromatic carbocycles. The van der Waals surface area contributed by atoms with Crippen molar-refractivity contribution in [1.29, 1.82) is 0 Å². The van der Waals surface area contributed by atoms with Gasteiger partial charge in [0.25, 0.3) is 0 Å². The van der Waals surface area contributed by atoms with Crippen LogP contribution >= 0.6 is 0 Å². The third-order valence-electron chi connectivity index (χ3n) is 6.33. The average Bonchev–Trinajstić information content (AvgIpc) is 2.55. The maximum absolute atomic E-state index is 3.84. The van der Waals surface area contributed by atoms with Crippen molar-refractivity contribution >= 4 is 0 Å². The fraction of sp³-hybridized carbons (Fsp3) is 1.00. The Bertz CT molecular complexity index is 285. The van der Waals surface area contributed by atoms with E-state index in [0.29, 0.717) is 6.04 Å². The average molecular weight is 295 g/mol. The van der Waals surface area contributed by atoms with Crippen molar-refractivity contribution < 1.29 is 0 Å². The molecule has 2 heteroatoms. The molecular formula is C19H38N2. The first-order valence-electron chi connectivity index (χ1n) is 9.70. The Morgan fingerprint density at radius 2 is 1.76 bits per heavy atom. The van der Waals surface area contributed by atoms with E-state index in [2.05, 4.69) is 37.9 Å². The van der Waals surface area contributed by atoms with Gasteiger partial charge in [0.1, 0.15) is 0 Å². The van der Waals surface area contributed by atoms with E-state index in [0.717, 1.165) is 23.9 Å². The summed E-state index contributed by atoms with van der Waals surface area (Å²) in [6, 6.07) is 2.30. The van der Waals surface area contributed by atoms with Gasteiger partial charge in [-0.05, 0) is 37.5 Å². The van der Waals surface area contributed by atoms with Crippen LogP contribution in [-0.2, 0) is 0 Å². The van der Waals surface area contributed by atoms with Crippen LogP contribution in [0.25, 0.3) is 0 Å². The van der Waals surface area contributed by atoms with Gasteiger partial charge in [-0.15, -0.1) is 0 Å². The van der Waals surface area contributed by atoms with Crippen LogP contribution in [0.2, 0.25) is 0 Å². The molecule has 0 radical (unpaired) electrons. The molecule has 1 aliphatic carbocycles. The van der Waals surface area contributed by atoms with Crippen molar-refractivity contribution in [3.05, 3.63) is 0 Å². The second kappa shape index (κ2) is 8.53. The lowest BCUT2D eigenvalue weighted by atomic mass is 9.80. The maximum atomic E-state index is 3.84. The van der Waals surface area contributed by atoms with Crippen molar-refractivity contribution in [2.45, 2.75) is 97.2 Å². The molecule has 0 aromatic rings. The largest absolute Gasteiger partial charge is 0.311 e. The molecule has 2 nitrogen and oxygen atoms in total. The molecule has 21 heavy (non-hydrogen) atoms. The number of nitrogens with one attached hydrogen (secondary N) is 1. The SMILES string of the molecule is CCC(C)C1CN(C(CC)C2CCCCC2)C(CC)CN1. The lowest BCUT2D eigenvalue weighted by molar-refractivity contribution is 0.0260. The van der Waals surface area contributed by atoms with E-state index in [1.54, 1.807) is 0 Å². The van der Waals surface area contributed by atoms with Gasteiger partial charge in [0.2, 0.25) is 0 Å². The zero-order chi connectivity index (χ0) is 15.2. The van der Waals surface area contributed by atoms with Crippen LogP contribution < -0.4 is 5.32 Å². The summed E-state index contributed by atoms with van der Waals surface area (Å²) in [6.45, 7) is 12.0. The first-order chi connectivity index (χ1) is 10.2. The Balaban J connectivity index is 2.06. The molecule has 0 spiro atoms. The number of hydrogen-bond acceptors (Lipinski definition) is 2. The fourth-order valence-corrected chi connectivity index (χ4v) is 4.65. The molecule has 4 unspecified atom stereocenters. The Morgan fingerprint density at radius 1 is 1.05 bits per heavy atom. The Morgan fingerprint density at radius 3 is 2.33 bits per heavy atom. The lowest BCUT2D eigenvalue weighted by Crippen LogP contribution is -2.62. The van der Waals surface area contributed by atoms with Gasteiger partial charge in [-0.2, -0.15) is 0 Å². The molecular weight excluding hydrogens is 256 g/mol. The third-order valence-corrected chi connectivity index (χ3v) is 6.33. The molecule has 0 aromatic heterocycles. The normalized spacial score (nSPS) is 32.0. The summed E-state index contributed by atoms with van der Waals surface area (Å²) in [4.78, 5) is 2.92. The molecule has 0 amide bonds. The minimum absolute atomic E-state index is 0.704. The zero-order valence-corrected chi connectivity index (χ0v) is 14.9. The van der Waals surface area contributed by atoms with Crippen LogP contribution in [0.5, 0.6) is 0 Å². The third kappa shape index (κ3) is 4.22. The number of piperazine rings is 1. The molecule has 2 rings (SSSR count).